The zero-order valence-electron chi connectivity index (χ0n) is 7.75. The molecule has 1 aromatic heterocycles. The number of hydrogen-bond acceptors (Lipinski definition) is 4. The number of carbonyl (C=O) groups excluding carboxylic acids is 1. The molecule has 0 saturated carbocycles. The number of hydrogen-bond donors (Lipinski definition) is 0. The van der Waals surface area contributed by atoms with Gasteiger partial charge in [-0.1, -0.05) is 11.6 Å². The molecule has 76 valence electrons. The van der Waals surface area contributed by atoms with Gasteiger partial charge >= 0.3 is 5.97 Å². The highest BCUT2D eigenvalue weighted by molar-refractivity contribution is 7.15. The number of esters is 1. The van der Waals surface area contributed by atoms with Crippen LogP contribution in [-0.4, -0.2) is 18.1 Å². The van der Waals surface area contributed by atoms with Gasteiger partial charge in [0, 0.05) is 4.88 Å². The normalized spacial score (nSPS) is 20.3. The van der Waals surface area contributed by atoms with Gasteiger partial charge in [0.25, 0.3) is 0 Å². The monoisotopic (exact) mass is 231 g/mol. The summed E-state index contributed by atoms with van der Waals surface area (Å²) in [6, 6.07) is 0. The highest BCUT2D eigenvalue weighted by atomic mass is 35.5. The first kappa shape index (κ1) is 9.93. The van der Waals surface area contributed by atoms with E-state index in [0.717, 1.165) is 29.8 Å². The second-order valence-corrected chi connectivity index (χ2v) is 4.97. The molecule has 0 radical (unpaired) electrons. The number of aromatic nitrogens is 1. The predicted molar refractivity (Wildman–Crippen MR) is 54.7 cm³/mol. The summed E-state index contributed by atoms with van der Waals surface area (Å²) in [6.45, 7) is 0. The molecule has 1 aliphatic carbocycles. The summed E-state index contributed by atoms with van der Waals surface area (Å²) in [6.07, 6.45) is 2.38. The molecule has 0 bridgehead atoms. The Morgan fingerprint density at radius 2 is 2.50 bits per heavy atom. The van der Waals surface area contributed by atoms with Crippen LogP contribution in [0.25, 0.3) is 0 Å². The summed E-state index contributed by atoms with van der Waals surface area (Å²) in [7, 11) is 1.43. The number of thiazole rings is 1. The first-order valence-corrected chi connectivity index (χ1v) is 5.62. The molecule has 1 aromatic rings. The van der Waals surface area contributed by atoms with Gasteiger partial charge in [-0.2, -0.15) is 0 Å². The van der Waals surface area contributed by atoms with Gasteiger partial charge in [0.15, 0.2) is 4.47 Å². The lowest BCUT2D eigenvalue weighted by Crippen LogP contribution is -2.22. The molecule has 0 saturated heterocycles. The molecule has 2 rings (SSSR count). The van der Waals surface area contributed by atoms with Gasteiger partial charge in [-0.15, -0.1) is 11.3 Å². The third-order valence-corrected chi connectivity index (χ3v) is 3.67. The second kappa shape index (κ2) is 3.87. The standard InChI is InChI=1S/C9H10ClNO2S/c1-13-8(12)5-2-3-6-7(4-5)14-9(10)11-6/h5H,2-4H2,1H3. The molecule has 0 aromatic carbocycles. The maximum absolute atomic E-state index is 11.3. The Labute approximate surface area is 91.1 Å². The van der Waals surface area contributed by atoms with Crippen LogP contribution >= 0.6 is 22.9 Å². The number of carbonyl (C=O) groups is 1. The summed E-state index contributed by atoms with van der Waals surface area (Å²) < 4.78 is 5.29. The van der Waals surface area contributed by atoms with E-state index in [0.29, 0.717) is 4.47 Å². The van der Waals surface area contributed by atoms with Crippen molar-refractivity contribution >= 4 is 28.9 Å². The summed E-state index contributed by atoms with van der Waals surface area (Å²) in [5.41, 5.74) is 1.06. The van der Waals surface area contributed by atoms with E-state index < -0.39 is 0 Å². The number of fused-ring (bicyclic) bond motifs is 1. The van der Waals surface area contributed by atoms with Crippen LogP contribution in [0.5, 0.6) is 0 Å². The van der Waals surface area contributed by atoms with Gasteiger partial charge in [0.2, 0.25) is 0 Å². The van der Waals surface area contributed by atoms with Crippen LogP contribution in [-0.2, 0) is 22.4 Å². The Balaban J connectivity index is 2.16. The number of nitrogens with zero attached hydrogens (tertiary/aromatic N) is 1. The number of halogens is 1. The first-order valence-electron chi connectivity index (χ1n) is 4.42. The second-order valence-electron chi connectivity index (χ2n) is 3.30. The van der Waals surface area contributed by atoms with Gasteiger partial charge in [0.1, 0.15) is 0 Å². The van der Waals surface area contributed by atoms with Gasteiger partial charge in [-0.05, 0) is 19.3 Å². The van der Waals surface area contributed by atoms with Crippen molar-refractivity contribution < 1.29 is 9.53 Å². The van der Waals surface area contributed by atoms with Crippen molar-refractivity contribution in [2.24, 2.45) is 5.92 Å². The van der Waals surface area contributed by atoms with E-state index in [1.807, 2.05) is 0 Å². The lowest BCUT2D eigenvalue weighted by Gasteiger charge is -2.18. The lowest BCUT2D eigenvalue weighted by molar-refractivity contribution is -0.145. The molecule has 0 amide bonds. The number of ether oxygens (including phenoxy) is 1. The van der Waals surface area contributed by atoms with Crippen molar-refractivity contribution in [3.63, 3.8) is 0 Å². The van der Waals surface area contributed by atoms with E-state index >= 15 is 0 Å². The van der Waals surface area contributed by atoms with Crippen LogP contribution in [0, 0.1) is 5.92 Å². The molecule has 14 heavy (non-hydrogen) atoms. The maximum Gasteiger partial charge on any atom is 0.309 e. The van der Waals surface area contributed by atoms with E-state index in [2.05, 4.69) is 4.98 Å². The zero-order chi connectivity index (χ0) is 10.1. The van der Waals surface area contributed by atoms with Crippen molar-refractivity contribution in [1.82, 2.24) is 4.98 Å². The summed E-state index contributed by atoms with van der Waals surface area (Å²) in [4.78, 5) is 16.7. The molecule has 0 N–H and O–H groups in total. The topological polar surface area (TPSA) is 39.2 Å². The largest absolute Gasteiger partial charge is 0.469 e. The van der Waals surface area contributed by atoms with Crippen LogP contribution in [0.15, 0.2) is 0 Å². The minimum Gasteiger partial charge on any atom is -0.469 e. The van der Waals surface area contributed by atoms with Gasteiger partial charge < -0.3 is 4.74 Å². The Kier molecular flexibility index (Phi) is 2.74. The van der Waals surface area contributed by atoms with Crippen molar-refractivity contribution in [3.05, 3.63) is 15.0 Å². The Morgan fingerprint density at radius 1 is 1.71 bits per heavy atom. The Bertz CT molecular complexity index is 364. The lowest BCUT2D eigenvalue weighted by atomic mass is 9.91. The van der Waals surface area contributed by atoms with Crippen LogP contribution in [0.2, 0.25) is 4.47 Å². The fourth-order valence-corrected chi connectivity index (χ4v) is 3.00. The van der Waals surface area contributed by atoms with Crippen LogP contribution in [0.3, 0.4) is 0 Å². The highest BCUT2D eigenvalue weighted by Crippen LogP contribution is 2.32. The predicted octanol–water partition coefficient (Wildman–Crippen LogP) is 2.07. The Morgan fingerprint density at radius 3 is 3.21 bits per heavy atom. The molecule has 5 heteroatoms. The molecule has 1 aliphatic rings. The van der Waals surface area contributed by atoms with E-state index in [-0.39, 0.29) is 11.9 Å². The molecule has 1 heterocycles. The molecule has 0 fully saturated rings. The molecule has 1 unspecified atom stereocenters. The molecular weight excluding hydrogens is 222 g/mol. The van der Waals surface area contributed by atoms with Gasteiger partial charge in [-0.25, -0.2) is 4.98 Å². The fraction of sp³-hybridized carbons (Fsp3) is 0.556. The van der Waals surface area contributed by atoms with Crippen molar-refractivity contribution in [2.45, 2.75) is 19.3 Å². The van der Waals surface area contributed by atoms with Crippen molar-refractivity contribution in [2.75, 3.05) is 7.11 Å². The number of methoxy groups -OCH3 is 1. The van der Waals surface area contributed by atoms with E-state index in [4.69, 9.17) is 16.3 Å². The van der Waals surface area contributed by atoms with Crippen LogP contribution in [0.4, 0.5) is 0 Å². The van der Waals surface area contributed by atoms with Gasteiger partial charge in [0.05, 0.1) is 18.7 Å². The maximum atomic E-state index is 11.3. The van der Waals surface area contributed by atoms with Crippen molar-refractivity contribution in [3.8, 4) is 0 Å². The zero-order valence-corrected chi connectivity index (χ0v) is 9.32. The SMILES string of the molecule is COC(=O)C1CCc2nc(Cl)sc2C1. The average molecular weight is 232 g/mol. The van der Waals surface area contributed by atoms with E-state index in [9.17, 15) is 4.79 Å². The third kappa shape index (κ3) is 1.77. The van der Waals surface area contributed by atoms with Crippen LogP contribution < -0.4 is 0 Å². The summed E-state index contributed by atoms with van der Waals surface area (Å²) in [5, 5.41) is 0. The smallest absolute Gasteiger partial charge is 0.309 e. The average Bonchev–Trinajstić information content (AvgIpc) is 2.55. The first-order chi connectivity index (χ1) is 6.70. The molecule has 0 aliphatic heterocycles. The molecule has 0 spiro atoms. The van der Waals surface area contributed by atoms with Gasteiger partial charge in [-0.3, -0.25) is 4.79 Å². The minimum atomic E-state index is -0.125. The Hall–Kier alpha value is -0.610. The fourth-order valence-electron chi connectivity index (χ4n) is 1.71. The quantitative estimate of drug-likeness (QED) is 0.695. The van der Waals surface area contributed by atoms with Crippen molar-refractivity contribution in [1.29, 1.82) is 0 Å². The molecule has 1 atom stereocenters. The number of rotatable bonds is 1. The van der Waals surface area contributed by atoms with E-state index in [1.54, 1.807) is 0 Å². The van der Waals surface area contributed by atoms with Crippen LogP contribution in [0.1, 0.15) is 17.0 Å². The minimum absolute atomic E-state index is 0.0102. The molecule has 3 nitrogen and oxygen atoms in total. The van der Waals surface area contributed by atoms with E-state index in [1.165, 1.54) is 18.4 Å². The summed E-state index contributed by atoms with van der Waals surface area (Å²) in [5.74, 6) is -0.135. The molecular formula is C9H10ClNO2S. The number of aryl methyl sites for hydroxylation is 1. The summed E-state index contributed by atoms with van der Waals surface area (Å²) >= 11 is 7.27. The third-order valence-electron chi connectivity index (χ3n) is 2.45. The highest BCUT2D eigenvalue weighted by Gasteiger charge is 2.27.